The van der Waals surface area contributed by atoms with Gasteiger partial charge in [-0.1, -0.05) is 66.2 Å². The zero-order chi connectivity index (χ0) is 19.5. The van der Waals surface area contributed by atoms with Gasteiger partial charge in [0.2, 0.25) is 5.78 Å². The first-order valence-corrected chi connectivity index (χ1v) is 9.24. The number of aromatic amines is 1. The van der Waals surface area contributed by atoms with Crippen LogP contribution in [0.4, 0.5) is 5.69 Å². The van der Waals surface area contributed by atoms with Crippen molar-refractivity contribution in [2.45, 2.75) is 0 Å². The number of hydrogen-bond donors (Lipinski definition) is 2. The number of benzene rings is 3. The number of halogens is 1. The lowest BCUT2D eigenvalue weighted by atomic mass is 10.0. The van der Waals surface area contributed by atoms with Gasteiger partial charge in [-0.25, -0.2) is 0 Å². The van der Waals surface area contributed by atoms with Crippen LogP contribution in [0.25, 0.3) is 10.9 Å². The number of para-hydroxylation sites is 1. The molecular weight excluding hydrogens is 372 g/mol. The minimum Gasteiger partial charge on any atom is -0.378 e. The van der Waals surface area contributed by atoms with Gasteiger partial charge in [0.25, 0.3) is 0 Å². The summed E-state index contributed by atoms with van der Waals surface area (Å²) >= 11 is 6.10. The monoisotopic (exact) mass is 388 g/mol. The second-order valence-electron chi connectivity index (χ2n) is 6.40. The molecule has 5 heteroatoms. The molecule has 0 atom stereocenters. The average molecular weight is 389 g/mol. The number of H-pyrrole nitrogens is 1. The summed E-state index contributed by atoms with van der Waals surface area (Å²) in [5.41, 5.74) is 2.68. The van der Waals surface area contributed by atoms with Crippen LogP contribution in [0.2, 0.25) is 5.02 Å². The molecular formula is C23H17ClN2O2. The molecule has 0 amide bonds. The Hall–Kier alpha value is -3.37. The Bertz CT molecular complexity index is 1150. The van der Waals surface area contributed by atoms with Crippen LogP contribution in [0.5, 0.6) is 0 Å². The van der Waals surface area contributed by atoms with Gasteiger partial charge in [-0.3, -0.25) is 9.59 Å². The molecule has 28 heavy (non-hydrogen) atoms. The van der Waals surface area contributed by atoms with Gasteiger partial charge >= 0.3 is 0 Å². The van der Waals surface area contributed by atoms with E-state index in [-0.39, 0.29) is 23.8 Å². The van der Waals surface area contributed by atoms with E-state index in [1.807, 2.05) is 36.4 Å². The first kappa shape index (κ1) is 18.0. The summed E-state index contributed by atoms with van der Waals surface area (Å²) in [7, 11) is 0. The smallest absolute Gasteiger partial charge is 0.209 e. The number of aromatic nitrogens is 1. The maximum Gasteiger partial charge on any atom is 0.209 e. The summed E-state index contributed by atoms with van der Waals surface area (Å²) in [5, 5.41) is 4.33. The van der Waals surface area contributed by atoms with Crippen LogP contribution < -0.4 is 5.32 Å². The molecule has 4 aromatic rings. The Kier molecular flexibility index (Phi) is 4.96. The van der Waals surface area contributed by atoms with Crippen molar-refractivity contribution < 1.29 is 9.59 Å². The van der Waals surface area contributed by atoms with Crippen molar-refractivity contribution in [2.24, 2.45) is 0 Å². The van der Waals surface area contributed by atoms with Crippen molar-refractivity contribution in [1.29, 1.82) is 0 Å². The lowest BCUT2D eigenvalue weighted by Crippen LogP contribution is -2.17. The third kappa shape index (κ3) is 3.55. The van der Waals surface area contributed by atoms with Crippen LogP contribution in [0, 0.1) is 0 Å². The first-order chi connectivity index (χ1) is 13.6. The summed E-state index contributed by atoms with van der Waals surface area (Å²) < 4.78 is 0. The Morgan fingerprint density at radius 1 is 0.893 bits per heavy atom. The zero-order valence-corrected chi connectivity index (χ0v) is 15.7. The van der Waals surface area contributed by atoms with E-state index >= 15 is 0 Å². The maximum atomic E-state index is 13.1. The van der Waals surface area contributed by atoms with Gasteiger partial charge in [0.1, 0.15) is 0 Å². The first-order valence-electron chi connectivity index (χ1n) is 8.86. The predicted octanol–water partition coefficient (Wildman–Crippen LogP) is 5.35. The Labute approximate surface area is 167 Å². The molecule has 4 rings (SSSR count). The molecule has 0 radical (unpaired) electrons. The molecule has 2 N–H and O–H groups in total. The second-order valence-corrected chi connectivity index (χ2v) is 6.84. The van der Waals surface area contributed by atoms with Crippen molar-refractivity contribution in [2.75, 3.05) is 11.9 Å². The number of carbonyl (C=O) groups excluding carboxylic acids is 2. The van der Waals surface area contributed by atoms with Gasteiger partial charge in [0, 0.05) is 27.2 Å². The summed E-state index contributed by atoms with van der Waals surface area (Å²) in [6.45, 7) is 0.0780. The van der Waals surface area contributed by atoms with Gasteiger partial charge in [0.05, 0.1) is 17.8 Å². The molecule has 0 bridgehead atoms. The number of anilines is 1. The lowest BCUT2D eigenvalue weighted by molar-refractivity contribution is 0.0985. The highest BCUT2D eigenvalue weighted by Gasteiger charge is 2.24. The Balaban J connectivity index is 1.74. The van der Waals surface area contributed by atoms with Crippen LogP contribution in [-0.2, 0) is 0 Å². The minimum absolute atomic E-state index is 0.0780. The lowest BCUT2D eigenvalue weighted by Gasteiger charge is -2.07. The number of nitrogens with one attached hydrogen (secondary N) is 2. The van der Waals surface area contributed by atoms with Crippen LogP contribution in [-0.4, -0.2) is 23.1 Å². The van der Waals surface area contributed by atoms with Gasteiger partial charge in [-0.2, -0.15) is 0 Å². The third-order valence-corrected chi connectivity index (χ3v) is 4.76. The number of ketones is 2. The molecule has 3 aromatic carbocycles. The van der Waals surface area contributed by atoms with Gasteiger partial charge in [-0.15, -0.1) is 0 Å². The zero-order valence-electron chi connectivity index (χ0n) is 14.9. The Morgan fingerprint density at radius 2 is 1.57 bits per heavy atom. The normalized spacial score (nSPS) is 10.8. The summed E-state index contributed by atoms with van der Waals surface area (Å²) in [6, 6.07) is 23.6. The molecule has 0 spiro atoms. The van der Waals surface area contributed by atoms with Crippen molar-refractivity contribution in [3.8, 4) is 0 Å². The van der Waals surface area contributed by atoms with E-state index < -0.39 is 0 Å². The van der Waals surface area contributed by atoms with Crippen LogP contribution in [0.1, 0.15) is 26.4 Å². The van der Waals surface area contributed by atoms with E-state index in [0.29, 0.717) is 27.1 Å². The molecule has 0 fully saturated rings. The molecule has 1 aromatic heterocycles. The van der Waals surface area contributed by atoms with Crippen LogP contribution >= 0.6 is 11.6 Å². The molecule has 4 nitrogen and oxygen atoms in total. The van der Waals surface area contributed by atoms with Crippen LogP contribution in [0.15, 0.2) is 78.9 Å². The SMILES string of the molecule is O=C(c1ccccc1)c1[nH]c2cc(Cl)ccc2c1C(=O)CNc1ccccc1. The molecule has 0 saturated carbocycles. The molecule has 138 valence electrons. The fraction of sp³-hybridized carbons (Fsp3) is 0.0435. The van der Waals surface area contributed by atoms with Gasteiger partial charge < -0.3 is 10.3 Å². The molecule has 0 aliphatic rings. The minimum atomic E-state index is -0.226. The molecule has 1 heterocycles. The topological polar surface area (TPSA) is 62.0 Å². The number of Topliss-reactive ketones (excluding diaryl/α,β-unsaturated/α-hetero) is 1. The van der Waals surface area contributed by atoms with E-state index in [1.165, 1.54) is 0 Å². The standard InChI is InChI=1S/C23H17ClN2O2/c24-16-11-12-18-19(13-16)26-22(23(28)15-7-3-1-4-8-15)21(18)20(27)14-25-17-9-5-2-6-10-17/h1-13,25-26H,14H2. The fourth-order valence-electron chi connectivity index (χ4n) is 3.19. The summed E-state index contributed by atoms with van der Waals surface area (Å²) in [6.07, 6.45) is 0. The third-order valence-electron chi connectivity index (χ3n) is 4.53. The Morgan fingerprint density at radius 3 is 2.29 bits per heavy atom. The average Bonchev–Trinajstić information content (AvgIpc) is 3.11. The molecule has 0 unspecified atom stereocenters. The number of rotatable bonds is 6. The summed E-state index contributed by atoms with van der Waals surface area (Å²) in [5.74, 6) is -0.396. The quantitative estimate of drug-likeness (QED) is 0.438. The molecule has 0 saturated heterocycles. The second kappa shape index (κ2) is 7.71. The molecule has 0 aliphatic carbocycles. The predicted molar refractivity (Wildman–Crippen MR) is 112 cm³/mol. The van der Waals surface area contributed by atoms with Crippen molar-refractivity contribution in [1.82, 2.24) is 4.98 Å². The van der Waals surface area contributed by atoms with Crippen molar-refractivity contribution in [3.05, 3.63) is 101 Å². The van der Waals surface area contributed by atoms with E-state index in [1.54, 1.807) is 42.5 Å². The van der Waals surface area contributed by atoms with E-state index in [4.69, 9.17) is 11.6 Å². The van der Waals surface area contributed by atoms with E-state index in [0.717, 1.165) is 5.69 Å². The number of fused-ring (bicyclic) bond motifs is 1. The number of hydrogen-bond acceptors (Lipinski definition) is 3. The largest absolute Gasteiger partial charge is 0.378 e. The highest BCUT2D eigenvalue weighted by molar-refractivity contribution is 6.31. The number of carbonyl (C=O) groups is 2. The van der Waals surface area contributed by atoms with E-state index in [2.05, 4.69) is 10.3 Å². The maximum absolute atomic E-state index is 13.1. The highest BCUT2D eigenvalue weighted by Crippen LogP contribution is 2.27. The van der Waals surface area contributed by atoms with Gasteiger partial charge in [0.15, 0.2) is 5.78 Å². The fourth-order valence-corrected chi connectivity index (χ4v) is 3.36. The van der Waals surface area contributed by atoms with Crippen LogP contribution in [0.3, 0.4) is 0 Å². The molecule has 0 aliphatic heterocycles. The highest BCUT2D eigenvalue weighted by atomic mass is 35.5. The van der Waals surface area contributed by atoms with Gasteiger partial charge in [-0.05, 0) is 24.3 Å². The van der Waals surface area contributed by atoms with Crippen molar-refractivity contribution in [3.63, 3.8) is 0 Å². The van der Waals surface area contributed by atoms with Crippen molar-refractivity contribution >= 4 is 39.8 Å². The van der Waals surface area contributed by atoms with E-state index in [9.17, 15) is 9.59 Å². The summed E-state index contributed by atoms with van der Waals surface area (Å²) in [4.78, 5) is 29.2.